The van der Waals surface area contributed by atoms with E-state index in [0.29, 0.717) is 6.67 Å². The van der Waals surface area contributed by atoms with E-state index in [4.69, 9.17) is 9.97 Å². The lowest BCUT2D eigenvalue weighted by Gasteiger charge is -2.25. The molecular weight excluding hydrogens is 667 g/mol. The summed E-state index contributed by atoms with van der Waals surface area (Å²) in [6.45, 7) is 1.32. The zero-order valence-electron chi connectivity index (χ0n) is 29.1. The number of nitrogens with one attached hydrogen (secondary N) is 3. The van der Waals surface area contributed by atoms with Crippen LogP contribution in [0, 0.1) is 0 Å². The topological polar surface area (TPSA) is 112 Å². The molecule has 0 saturated carbocycles. The van der Waals surface area contributed by atoms with Crippen molar-refractivity contribution < 1.29 is 0 Å². The van der Waals surface area contributed by atoms with Crippen LogP contribution in [0.5, 0.6) is 0 Å². The normalized spacial score (nSPS) is 16.4. The van der Waals surface area contributed by atoms with Crippen LogP contribution < -0.4 is 16.0 Å². The molecule has 10 rings (SSSR count). The van der Waals surface area contributed by atoms with Crippen molar-refractivity contribution in [1.29, 1.82) is 0 Å². The average molecular weight is 700 g/mol. The number of rotatable bonds is 6. The van der Waals surface area contributed by atoms with Crippen LogP contribution in [0.15, 0.2) is 162 Å². The van der Waals surface area contributed by atoms with E-state index < -0.39 is 0 Å². The van der Waals surface area contributed by atoms with E-state index in [9.17, 15) is 0 Å². The van der Waals surface area contributed by atoms with Crippen LogP contribution in [-0.4, -0.2) is 45.7 Å². The monoisotopic (exact) mass is 699 g/mol. The summed E-state index contributed by atoms with van der Waals surface area (Å²) in [6, 6.07) is 32.5. The molecule has 54 heavy (non-hydrogen) atoms. The van der Waals surface area contributed by atoms with E-state index in [2.05, 4.69) is 127 Å². The van der Waals surface area contributed by atoms with Gasteiger partial charge >= 0.3 is 0 Å². The fraction of sp³-hybridized carbons (Fsp3) is 0.0667. The van der Waals surface area contributed by atoms with Crippen LogP contribution in [0.3, 0.4) is 0 Å². The molecule has 3 aliphatic rings. The van der Waals surface area contributed by atoms with Crippen LogP contribution in [0.2, 0.25) is 0 Å². The predicted octanol–water partition coefficient (Wildman–Crippen LogP) is 8.30. The second-order valence-electron chi connectivity index (χ2n) is 13.4. The highest BCUT2D eigenvalue weighted by Crippen LogP contribution is 2.40. The largest absolute Gasteiger partial charge is 0.374 e. The quantitative estimate of drug-likeness (QED) is 0.150. The van der Waals surface area contributed by atoms with Crippen molar-refractivity contribution in [2.75, 3.05) is 13.2 Å². The highest BCUT2D eigenvalue weighted by molar-refractivity contribution is 6.26. The minimum atomic E-state index is 0.00512. The van der Waals surface area contributed by atoms with Gasteiger partial charge in [-0.15, -0.1) is 0 Å². The van der Waals surface area contributed by atoms with E-state index in [1.165, 1.54) is 33.4 Å². The summed E-state index contributed by atoms with van der Waals surface area (Å²) in [4.78, 5) is 27.2. The van der Waals surface area contributed by atoms with Crippen molar-refractivity contribution >= 4 is 50.4 Å². The Balaban J connectivity index is 1.13. The summed E-state index contributed by atoms with van der Waals surface area (Å²) in [5.74, 6) is 0. The van der Waals surface area contributed by atoms with Crippen LogP contribution in [0.1, 0.15) is 17.3 Å². The van der Waals surface area contributed by atoms with E-state index in [1.807, 2.05) is 36.8 Å². The lowest BCUT2D eigenvalue weighted by molar-refractivity contribution is 0.703. The Hall–Kier alpha value is -7.26. The Labute approximate surface area is 311 Å². The molecule has 9 heteroatoms. The van der Waals surface area contributed by atoms with Crippen molar-refractivity contribution in [3.05, 3.63) is 163 Å². The van der Waals surface area contributed by atoms with E-state index in [1.54, 1.807) is 18.7 Å². The van der Waals surface area contributed by atoms with Gasteiger partial charge < -0.3 is 16.0 Å². The van der Waals surface area contributed by atoms with Crippen molar-refractivity contribution in [2.24, 2.45) is 9.98 Å². The van der Waals surface area contributed by atoms with Crippen LogP contribution in [0.4, 0.5) is 0 Å². The van der Waals surface area contributed by atoms with Gasteiger partial charge in [-0.3, -0.25) is 4.99 Å². The summed E-state index contributed by atoms with van der Waals surface area (Å²) >= 11 is 0. The van der Waals surface area contributed by atoms with Gasteiger partial charge in [0.15, 0.2) is 0 Å². The fourth-order valence-corrected chi connectivity index (χ4v) is 7.48. The minimum absolute atomic E-state index is 0.00512. The molecule has 6 heterocycles. The molecule has 258 valence electrons. The molecule has 1 unspecified atom stereocenters. The third-order valence-electron chi connectivity index (χ3n) is 10.1. The van der Waals surface area contributed by atoms with Gasteiger partial charge in [0, 0.05) is 71.1 Å². The van der Waals surface area contributed by atoms with Crippen LogP contribution in [0.25, 0.3) is 71.7 Å². The first-order valence-electron chi connectivity index (χ1n) is 17.9. The average Bonchev–Trinajstić information content (AvgIpc) is 3.27. The summed E-state index contributed by atoms with van der Waals surface area (Å²) in [7, 11) is 0. The second-order valence-corrected chi connectivity index (χ2v) is 13.4. The summed E-state index contributed by atoms with van der Waals surface area (Å²) in [5.41, 5.74) is 10.8. The number of allylic oxidation sites excluding steroid dienone is 3. The van der Waals surface area contributed by atoms with E-state index >= 15 is 0 Å². The first-order valence-corrected chi connectivity index (χ1v) is 17.9. The lowest BCUT2D eigenvalue weighted by Crippen LogP contribution is -2.27. The smallest absolute Gasteiger partial charge is 0.115 e. The number of dihydropyridines is 1. The van der Waals surface area contributed by atoms with Gasteiger partial charge in [0.2, 0.25) is 0 Å². The second kappa shape index (κ2) is 13.4. The number of benzene rings is 4. The molecule has 1 atom stereocenters. The third kappa shape index (κ3) is 5.78. The minimum Gasteiger partial charge on any atom is -0.374 e. The molecule has 3 N–H and O–H groups in total. The Bertz CT molecular complexity index is 2810. The van der Waals surface area contributed by atoms with Gasteiger partial charge in [-0.2, -0.15) is 0 Å². The number of aliphatic imine (C=N–C) groups is 2. The number of nitrogens with zero attached hydrogens (tertiary/aromatic N) is 6. The first kappa shape index (κ1) is 31.5. The highest BCUT2D eigenvalue weighted by atomic mass is 15.0. The van der Waals surface area contributed by atoms with Crippen molar-refractivity contribution in [2.45, 2.75) is 6.04 Å². The Morgan fingerprint density at radius 2 is 1.30 bits per heavy atom. The number of pyridine rings is 2. The zero-order valence-corrected chi connectivity index (χ0v) is 29.1. The summed E-state index contributed by atoms with van der Waals surface area (Å²) in [5, 5.41) is 17.2. The van der Waals surface area contributed by atoms with Crippen molar-refractivity contribution in [3.8, 4) is 33.8 Å². The molecule has 0 fully saturated rings. The summed E-state index contributed by atoms with van der Waals surface area (Å²) < 4.78 is 0. The molecule has 9 nitrogen and oxygen atoms in total. The molecular formula is C45H33N9. The lowest BCUT2D eigenvalue weighted by atomic mass is 9.89. The molecule has 0 radical (unpaired) electrons. The SMILES string of the molecule is C1=CC(c2ccc3c4cc(-c5cccc(-c6cncnc6)n5)ccc4c4cc(-c5cccc(C6=CNCN=C6)n5)ccc4c3c2)NC(C2=CN=CNC2)=C1. The third-order valence-corrected chi connectivity index (χ3v) is 10.1. The van der Waals surface area contributed by atoms with Crippen molar-refractivity contribution in [1.82, 2.24) is 35.9 Å². The van der Waals surface area contributed by atoms with E-state index in [-0.39, 0.29) is 6.04 Å². The van der Waals surface area contributed by atoms with Gasteiger partial charge in [0.05, 0.1) is 35.2 Å². The molecule has 3 aliphatic heterocycles. The number of fused-ring (bicyclic) bond motifs is 6. The zero-order chi connectivity index (χ0) is 35.8. The Morgan fingerprint density at radius 3 is 1.98 bits per heavy atom. The molecule has 4 aromatic carbocycles. The molecule has 0 bridgehead atoms. The van der Waals surface area contributed by atoms with Crippen LogP contribution >= 0.6 is 0 Å². The Morgan fingerprint density at radius 1 is 0.630 bits per heavy atom. The number of hydrogen-bond acceptors (Lipinski definition) is 9. The Kier molecular flexibility index (Phi) is 7.79. The van der Waals surface area contributed by atoms with Gasteiger partial charge in [0.25, 0.3) is 0 Å². The van der Waals surface area contributed by atoms with Gasteiger partial charge in [-0.05, 0) is 86.4 Å². The molecule has 0 aliphatic carbocycles. The maximum Gasteiger partial charge on any atom is 0.115 e. The van der Waals surface area contributed by atoms with Gasteiger partial charge in [0.1, 0.15) is 13.0 Å². The molecule has 0 spiro atoms. The first-order chi connectivity index (χ1) is 26.7. The maximum absolute atomic E-state index is 5.07. The highest BCUT2D eigenvalue weighted by Gasteiger charge is 2.19. The standard InChI is InChI=1S/C45H33N9/c1-4-40(52-43(7-1)31-19-46-25-47-20-31)28-10-13-34-37(16-28)35-14-11-29(41-5-2-8-44(53-41)32-21-48-26-49-22-32)18-39(35)36-15-12-30(17-38(34)36)42-6-3-9-45(54-42)33-23-50-27-51-24-33/h1-23,26-27,42,46,54H,24-25H2,(H,50,51). The molecule has 3 aromatic heterocycles. The maximum atomic E-state index is 5.07. The van der Waals surface area contributed by atoms with E-state index in [0.717, 1.165) is 73.6 Å². The molecule has 0 amide bonds. The number of aromatic nitrogens is 4. The van der Waals surface area contributed by atoms with Crippen LogP contribution in [-0.2, 0) is 0 Å². The summed E-state index contributed by atoms with van der Waals surface area (Å²) in [6.07, 6.45) is 19.1. The van der Waals surface area contributed by atoms with Crippen molar-refractivity contribution in [3.63, 3.8) is 0 Å². The molecule has 7 aromatic rings. The molecule has 0 saturated heterocycles. The predicted molar refractivity (Wildman–Crippen MR) is 219 cm³/mol. The van der Waals surface area contributed by atoms with Gasteiger partial charge in [-0.1, -0.05) is 60.7 Å². The van der Waals surface area contributed by atoms with Gasteiger partial charge in [-0.25, -0.2) is 24.9 Å². The fourth-order valence-electron chi connectivity index (χ4n) is 7.48. The number of hydrogen-bond donors (Lipinski definition) is 3.